The second kappa shape index (κ2) is 8.28. The van der Waals surface area contributed by atoms with Crippen LogP contribution in [0.1, 0.15) is 16.7 Å². The van der Waals surface area contributed by atoms with Crippen molar-refractivity contribution in [1.82, 2.24) is 0 Å². The number of nitrogens with one attached hydrogen (secondary N) is 1. The molecule has 0 atom stereocenters. The highest BCUT2D eigenvalue weighted by Gasteiger charge is 2.40. The second-order valence-electron chi connectivity index (χ2n) is 7.42. The van der Waals surface area contributed by atoms with Gasteiger partial charge < -0.3 is 5.32 Å². The van der Waals surface area contributed by atoms with Crippen molar-refractivity contribution in [3.05, 3.63) is 104 Å². The molecule has 1 aliphatic heterocycles. The van der Waals surface area contributed by atoms with Gasteiger partial charge in [0, 0.05) is 22.8 Å². The van der Waals surface area contributed by atoms with Gasteiger partial charge in [0.25, 0.3) is 17.5 Å². The number of non-ortho nitro benzene ring substituents is 1. The lowest BCUT2D eigenvalue weighted by atomic mass is 10.0. The van der Waals surface area contributed by atoms with Gasteiger partial charge in [-0.25, -0.2) is 4.90 Å². The Labute approximate surface area is 189 Å². The predicted molar refractivity (Wildman–Crippen MR) is 124 cm³/mol. The van der Waals surface area contributed by atoms with Gasteiger partial charge >= 0.3 is 0 Å². The zero-order valence-electron chi connectivity index (χ0n) is 17.3. The number of carbonyl (C=O) groups is 2. The number of anilines is 2. The van der Waals surface area contributed by atoms with Crippen LogP contribution in [-0.2, 0) is 9.59 Å². The van der Waals surface area contributed by atoms with Crippen LogP contribution in [0, 0.1) is 24.0 Å². The van der Waals surface area contributed by atoms with E-state index in [-0.39, 0.29) is 17.0 Å². The lowest BCUT2D eigenvalue weighted by Gasteiger charge is -2.16. The van der Waals surface area contributed by atoms with Crippen molar-refractivity contribution in [2.24, 2.45) is 0 Å². The molecule has 1 aliphatic rings. The summed E-state index contributed by atoms with van der Waals surface area (Å²) in [6.45, 7) is 3.70. The molecule has 1 heterocycles. The quantitative estimate of drug-likeness (QED) is 0.327. The van der Waals surface area contributed by atoms with E-state index in [2.05, 4.69) is 5.32 Å². The zero-order chi connectivity index (χ0) is 23.0. The van der Waals surface area contributed by atoms with Gasteiger partial charge in [0.1, 0.15) is 5.70 Å². The molecule has 0 radical (unpaired) electrons. The predicted octanol–water partition coefficient (Wildman–Crippen LogP) is 5.26. The minimum Gasteiger partial charge on any atom is -0.350 e. The lowest BCUT2D eigenvalue weighted by molar-refractivity contribution is -0.384. The van der Waals surface area contributed by atoms with E-state index in [0.717, 1.165) is 16.0 Å². The van der Waals surface area contributed by atoms with Crippen LogP contribution in [0.2, 0.25) is 5.02 Å². The highest BCUT2D eigenvalue weighted by molar-refractivity contribution is 6.46. The maximum atomic E-state index is 13.4. The van der Waals surface area contributed by atoms with E-state index in [0.29, 0.717) is 22.0 Å². The summed E-state index contributed by atoms with van der Waals surface area (Å²) >= 11 is 6.04. The van der Waals surface area contributed by atoms with Crippen LogP contribution in [0.25, 0.3) is 5.57 Å². The minimum atomic E-state index is -0.519. The van der Waals surface area contributed by atoms with Crippen LogP contribution >= 0.6 is 11.6 Å². The third-order valence-electron chi connectivity index (χ3n) is 5.16. The SMILES string of the molecule is Cc1cccc(N2C(=O)C(Nc3ccc(Cl)cc3C)=C(c3ccc([N+](=O)[O-])cc3)C2=O)c1. The number of hydrogen-bond acceptors (Lipinski definition) is 5. The van der Waals surface area contributed by atoms with Crippen molar-refractivity contribution in [2.45, 2.75) is 13.8 Å². The van der Waals surface area contributed by atoms with E-state index in [1.165, 1.54) is 24.3 Å². The number of nitro benzene ring substituents is 1. The minimum absolute atomic E-state index is 0.0933. The van der Waals surface area contributed by atoms with Crippen molar-refractivity contribution in [3.8, 4) is 0 Å². The van der Waals surface area contributed by atoms with Gasteiger partial charge in [0.05, 0.1) is 16.2 Å². The van der Waals surface area contributed by atoms with Crippen LogP contribution in [0.5, 0.6) is 0 Å². The highest BCUT2D eigenvalue weighted by atomic mass is 35.5. The first kappa shape index (κ1) is 21.3. The largest absolute Gasteiger partial charge is 0.350 e. The van der Waals surface area contributed by atoms with Crippen molar-refractivity contribution in [1.29, 1.82) is 0 Å². The van der Waals surface area contributed by atoms with Gasteiger partial charge in [0.15, 0.2) is 0 Å². The molecular weight excluding hydrogens is 430 g/mol. The number of hydrogen-bond donors (Lipinski definition) is 1. The molecule has 1 N–H and O–H groups in total. The van der Waals surface area contributed by atoms with Crippen molar-refractivity contribution in [3.63, 3.8) is 0 Å². The number of amides is 2. The molecule has 8 heteroatoms. The first-order valence-corrected chi connectivity index (χ1v) is 10.1. The topological polar surface area (TPSA) is 92.6 Å². The smallest absolute Gasteiger partial charge is 0.282 e. The third kappa shape index (κ3) is 3.86. The van der Waals surface area contributed by atoms with E-state index in [9.17, 15) is 19.7 Å². The Morgan fingerprint density at radius 3 is 2.28 bits per heavy atom. The molecule has 4 rings (SSSR count). The maximum absolute atomic E-state index is 13.4. The number of halogens is 1. The fraction of sp³-hybridized carbons (Fsp3) is 0.0833. The van der Waals surface area contributed by atoms with Crippen LogP contribution in [0.4, 0.5) is 17.1 Å². The summed E-state index contributed by atoms with van der Waals surface area (Å²) < 4.78 is 0. The van der Waals surface area contributed by atoms with E-state index < -0.39 is 16.7 Å². The van der Waals surface area contributed by atoms with E-state index in [1.807, 2.05) is 19.9 Å². The molecule has 7 nitrogen and oxygen atoms in total. The molecule has 2 amide bonds. The average molecular weight is 448 g/mol. The summed E-state index contributed by atoms with van der Waals surface area (Å²) in [5, 5.41) is 14.7. The molecule has 0 unspecified atom stereocenters. The third-order valence-corrected chi connectivity index (χ3v) is 5.39. The van der Waals surface area contributed by atoms with Crippen LogP contribution < -0.4 is 10.2 Å². The van der Waals surface area contributed by atoms with E-state index >= 15 is 0 Å². The molecule has 0 spiro atoms. The summed E-state index contributed by atoms with van der Waals surface area (Å²) in [7, 11) is 0. The summed E-state index contributed by atoms with van der Waals surface area (Å²) in [4.78, 5) is 38.5. The van der Waals surface area contributed by atoms with Crippen molar-refractivity contribution < 1.29 is 14.5 Å². The highest BCUT2D eigenvalue weighted by Crippen LogP contribution is 2.35. The molecule has 0 saturated carbocycles. The summed E-state index contributed by atoms with van der Waals surface area (Å²) in [5.74, 6) is -1.02. The number of rotatable bonds is 5. The average Bonchev–Trinajstić information content (AvgIpc) is 2.99. The zero-order valence-corrected chi connectivity index (χ0v) is 18.0. The molecular formula is C24H18ClN3O4. The molecule has 32 heavy (non-hydrogen) atoms. The second-order valence-corrected chi connectivity index (χ2v) is 7.86. The molecule has 3 aromatic rings. The monoisotopic (exact) mass is 447 g/mol. The van der Waals surface area contributed by atoms with Gasteiger partial charge in [-0.2, -0.15) is 0 Å². The summed E-state index contributed by atoms with van der Waals surface area (Å²) in [6.07, 6.45) is 0. The van der Waals surface area contributed by atoms with Gasteiger partial charge in [-0.05, 0) is 73.0 Å². The Bertz CT molecular complexity index is 1300. The molecule has 160 valence electrons. The van der Waals surface area contributed by atoms with E-state index in [4.69, 9.17) is 11.6 Å². The first-order valence-electron chi connectivity index (χ1n) is 9.74. The fourth-order valence-electron chi connectivity index (χ4n) is 3.57. The fourth-order valence-corrected chi connectivity index (χ4v) is 3.79. The number of nitrogens with zero attached hydrogens (tertiary/aromatic N) is 2. The lowest BCUT2D eigenvalue weighted by Crippen LogP contribution is -2.32. The maximum Gasteiger partial charge on any atom is 0.282 e. The Balaban J connectivity index is 1.84. The molecule has 3 aromatic carbocycles. The van der Waals surface area contributed by atoms with E-state index in [1.54, 1.807) is 36.4 Å². The van der Waals surface area contributed by atoms with Crippen molar-refractivity contribution >= 4 is 46.1 Å². The number of aryl methyl sites for hydroxylation is 2. The Morgan fingerprint density at radius 2 is 1.66 bits per heavy atom. The molecule has 0 saturated heterocycles. The number of benzene rings is 3. The Kier molecular flexibility index (Phi) is 5.50. The van der Waals surface area contributed by atoms with Crippen molar-refractivity contribution in [2.75, 3.05) is 10.2 Å². The van der Waals surface area contributed by atoms with Gasteiger partial charge in [-0.3, -0.25) is 19.7 Å². The standard InChI is InChI=1S/C24H18ClN3O4/c1-14-4-3-5-19(12-14)27-23(29)21(16-6-9-18(10-7-16)28(31)32)22(24(27)30)26-20-11-8-17(25)13-15(20)2/h3-13,26H,1-2H3. The Morgan fingerprint density at radius 1 is 0.938 bits per heavy atom. The number of nitro groups is 1. The molecule has 0 fully saturated rings. The van der Waals surface area contributed by atoms with Crippen LogP contribution in [0.3, 0.4) is 0 Å². The first-order chi connectivity index (χ1) is 15.3. The number of carbonyl (C=O) groups excluding carboxylic acids is 2. The van der Waals surface area contributed by atoms with Crippen LogP contribution in [0.15, 0.2) is 72.4 Å². The normalized spacial score (nSPS) is 13.7. The Hall–Kier alpha value is -3.97. The van der Waals surface area contributed by atoms with Gasteiger partial charge in [-0.15, -0.1) is 0 Å². The van der Waals surface area contributed by atoms with Gasteiger partial charge in [0.2, 0.25) is 0 Å². The van der Waals surface area contributed by atoms with Gasteiger partial charge in [-0.1, -0.05) is 23.7 Å². The summed E-state index contributed by atoms with van der Waals surface area (Å²) in [6, 6.07) is 17.8. The summed E-state index contributed by atoms with van der Waals surface area (Å²) in [5.41, 5.74) is 3.29. The number of imide groups is 1. The molecule has 0 bridgehead atoms. The molecule has 0 aliphatic carbocycles. The van der Waals surface area contributed by atoms with Crippen LogP contribution in [-0.4, -0.2) is 16.7 Å². The molecule has 0 aromatic heterocycles.